The van der Waals surface area contributed by atoms with Gasteiger partial charge in [0.2, 0.25) is 5.91 Å². The zero-order valence-corrected chi connectivity index (χ0v) is 22.2. The molecule has 0 spiro atoms. The Labute approximate surface area is 229 Å². The van der Waals surface area contributed by atoms with Crippen LogP contribution in [0.15, 0.2) is 61.1 Å². The van der Waals surface area contributed by atoms with Gasteiger partial charge in [0.05, 0.1) is 40.4 Å². The average molecular weight is 548 g/mol. The Morgan fingerprint density at radius 3 is 2.85 bits per heavy atom. The van der Waals surface area contributed by atoms with Crippen molar-refractivity contribution in [2.75, 3.05) is 17.7 Å². The van der Waals surface area contributed by atoms with Gasteiger partial charge in [-0.15, -0.1) is 0 Å². The van der Waals surface area contributed by atoms with Crippen LogP contribution >= 0.6 is 11.6 Å². The van der Waals surface area contributed by atoms with Gasteiger partial charge in [-0.05, 0) is 43.2 Å². The monoisotopic (exact) mass is 547 g/mol. The summed E-state index contributed by atoms with van der Waals surface area (Å²) >= 11 is 5.90. The van der Waals surface area contributed by atoms with E-state index in [1.54, 1.807) is 12.3 Å². The Bertz CT molecular complexity index is 1540. The van der Waals surface area contributed by atoms with E-state index in [1.807, 2.05) is 38.2 Å². The molecule has 2 atom stereocenters. The standard InChI is InChI=1S/C28H27ClFN7O2/c1-16-5-3-7-22(34-28(39)18-14-33-37(15-18)25-8-4-6-21(29)26(25)30)24-11-17(13-32-36-24)20-10-9-19(31-2)12-23(20)35-27(16)38/h4,6,8-16,22,31H,3,5,7H2,1-2H3,(H,34,39)(H,35,38). The lowest BCUT2D eigenvalue weighted by atomic mass is 9.96. The molecular formula is C28H27ClFN7O2. The van der Waals surface area contributed by atoms with Crippen LogP contribution in [0.3, 0.4) is 0 Å². The van der Waals surface area contributed by atoms with E-state index in [2.05, 4.69) is 31.2 Å². The Morgan fingerprint density at radius 1 is 1.18 bits per heavy atom. The largest absolute Gasteiger partial charge is 0.388 e. The molecule has 9 nitrogen and oxygen atoms in total. The molecule has 2 unspecified atom stereocenters. The van der Waals surface area contributed by atoms with Crippen LogP contribution in [0.25, 0.3) is 16.8 Å². The van der Waals surface area contributed by atoms with Gasteiger partial charge in [-0.1, -0.05) is 37.1 Å². The van der Waals surface area contributed by atoms with Gasteiger partial charge in [-0.2, -0.15) is 15.3 Å². The molecule has 3 N–H and O–H groups in total. The molecule has 2 aromatic heterocycles. The zero-order valence-electron chi connectivity index (χ0n) is 21.4. The normalized spacial score (nSPS) is 17.3. The number of aromatic nitrogens is 4. The lowest BCUT2D eigenvalue weighted by molar-refractivity contribution is -0.119. The highest BCUT2D eigenvalue weighted by Crippen LogP contribution is 2.33. The maximum Gasteiger partial charge on any atom is 0.255 e. The van der Waals surface area contributed by atoms with Gasteiger partial charge in [0.15, 0.2) is 5.82 Å². The molecule has 5 rings (SSSR count). The van der Waals surface area contributed by atoms with Gasteiger partial charge in [-0.25, -0.2) is 9.07 Å². The number of hydrogen-bond donors (Lipinski definition) is 3. The van der Waals surface area contributed by atoms with E-state index in [-0.39, 0.29) is 28.1 Å². The molecule has 11 heteroatoms. The molecule has 3 heterocycles. The maximum atomic E-state index is 14.5. The van der Waals surface area contributed by atoms with Gasteiger partial charge in [-0.3, -0.25) is 9.59 Å². The number of hydrogen-bond acceptors (Lipinski definition) is 6. The first kappa shape index (κ1) is 26.3. The molecule has 2 bridgehead atoms. The van der Waals surface area contributed by atoms with Crippen LogP contribution in [-0.4, -0.2) is 38.8 Å². The predicted molar refractivity (Wildman–Crippen MR) is 147 cm³/mol. The minimum atomic E-state index is -0.624. The molecule has 1 aliphatic rings. The number of nitrogens with zero attached hydrogens (tertiary/aromatic N) is 4. The van der Waals surface area contributed by atoms with Crippen molar-refractivity contribution in [2.45, 2.75) is 32.2 Å². The molecule has 0 aliphatic carbocycles. The van der Waals surface area contributed by atoms with Crippen molar-refractivity contribution in [2.24, 2.45) is 5.92 Å². The van der Waals surface area contributed by atoms with E-state index in [9.17, 15) is 14.0 Å². The van der Waals surface area contributed by atoms with Crippen LogP contribution in [0, 0.1) is 11.7 Å². The quantitative estimate of drug-likeness (QED) is 0.315. The van der Waals surface area contributed by atoms with Crippen LogP contribution in [0.1, 0.15) is 48.3 Å². The molecule has 0 saturated carbocycles. The molecular weight excluding hydrogens is 521 g/mol. The second-order valence-corrected chi connectivity index (χ2v) is 9.88. The number of carbonyl (C=O) groups excluding carboxylic acids is 2. The van der Waals surface area contributed by atoms with Crippen molar-refractivity contribution in [3.63, 3.8) is 0 Å². The number of halogens is 2. The maximum absolute atomic E-state index is 14.5. The van der Waals surface area contributed by atoms with Crippen LogP contribution < -0.4 is 16.0 Å². The Hall–Kier alpha value is -4.31. The van der Waals surface area contributed by atoms with E-state index in [1.165, 1.54) is 29.2 Å². The minimum absolute atomic E-state index is 0.0349. The fourth-order valence-electron chi connectivity index (χ4n) is 4.55. The third kappa shape index (κ3) is 5.61. The molecule has 2 aromatic carbocycles. The van der Waals surface area contributed by atoms with E-state index in [0.717, 1.165) is 16.8 Å². The summed E-state index contributed by atoms with van der Waals surface area (Å²) < 4.78 is 15.7. The summed E-state index contributed by atoms with van der Waals surface area (Å²) in [7, 11) is 1.82. The lowest BCUT2D eigenvalue weighted by Crippen LogP contribution is -2.30. The van der Waals surface area contributed by atoms with Gasteiger partial charge in [0.25, 0.3) is 5.91 Å². The van der Waals surface area contributed by atoms with Gasteiger partial charge >= 0.3 is 0 Å². The van der Waals surface area contributed by atoms with Crippen LogP contribution in [0.2, 0.25) is 5.02 Å². The third-order valence-electron chi connectivity index (χ3n) is 6.81. The summed E-state index contributed by atoms with van der Waals surface area (Å²) in [5.41, 5.74) is 4.06. The summed E-state index contributed by atoms with van der Waals surface area (Å²) in [4.78, 5) is 26.2. The first-order chi connectivity index (χ1) is 18.8. The Kier molecular flexibility index (Phi) is 7.56. The zero-order chi connectivity index (χ0) is 27.5. The third-order valence-corrected chi connectivity index (χ3v) is 7.11. The molecule has 2 amide bonds. The van der Waals surface area contributed by atoms with E-state index in [0.29, 0.717) is 30.6 Å². The van der Waals surface area contributed by atoms with Crippen LogP contribution in [0.4, 0.5) is 15.8 Å². The number of carbonyl (C=O) groups is 2. The molecule has 4 aromatic rings. The summed E-state index contributed by atoms with van der Waals surface area (Å²) in [6, 6.07) is 11.7. The van der Waals surface area contributed by atoms with Crippen molar-refractivity contribution in [1.29, 1.82) is 0 Å². The SMILES string of the molecule is CNc1ccc2c(c1)NC(=O)C(C)CCCC(NC(=O)c1cnn(-c3cccc(Cl)c3F)c1)c1cc-2cnn1. The molecule has 0 saturated heterocycles. The lowest BCUT2D eigenvalue weighted by Gasteiger charge is -2.22. The first-order valence-corrected chi connectivity index (χ1v) is 13.0. The van der Waals surface area contributed by atoms with E-state index >= 15 is 0 Å². The molecule has 0 fully saturated rings. The second kappa shape index (κ2) is 11.2. The molecule has 39 heavy (non-hydrogen) atoms. The highest BCUT2D eigenvalue weighted by Gasteiger charge is 2.23. The van der Waals surface area contributed by atoms with Crippen molar-refractivity contribution in [3.05, 3.63) is 83.2 Å². The van der Waals surface area contributed by atoms with Crippen molar-refractivity contribution in [1.82, 2.24) is 25.3 Å². The van der Waals surface area contributed by atoms with Crippen LogP contribution in [0.5, 0.6) is 0 Å². The second-order valence-electron chi connectivity index (χ2n) is 9.47. The summed E-state index contributed by atoms with van der Waals surface area (Å²) in [6.45, 7) is 1.89. The minimum Gasteiger partial charge on any atom is -0.388 e. The summed E-state index contributed by atoms with van der Waals surface area (Å²) in [6.07, 6.45) is 6.29. The van der Waals surface area contributed by atoms with Crippen LogP contribution in [-0.2, 0) is 4.79 Å². The number of amides is 2. The van der Waals surface area contributed by atoms with Crippen molar-refractivity contribution in [3.8, 4) is 16.8 Å². The summed E-state index contributed by atoms with van der Waals surface area (Å²) in [5, 5.41) is 21.8. The Balaban J connectivity index is 1.46. The van der Waals surface area contributed by atoms with Gasteiger partial charge in [0, 0.05) is 36.0 Å². The number of benzene rings is 2. The fourth-order valence-corrected chi connectivity index (χ4v) is 4.72. The predicted octanol–water partition coefficient (Wildman–Crippen LogP) is 5.39. The topological polar surface area (TPSA) is 114 Å². The van der Waals surface area contributed by atoms with E-state index in [4.69, 9.17) is 11.6 Å². The smallest absolute Gasteiger partial charge is 0.255 e. The summed E-state index contributed by atoms with van der Waals surface area (Å²) in [5.74, 6) is -1.32. The molecule has 200 valence electrons. The molecule has 1 aliphatic heterocycles. The van der Waals surface area contributed by atoms with Crippen molar-refractivity contribution >= 4 is 34.8 Å². The molecule has 0 radical (unpaired) electrons. The van der Waals surface area contributed by atoms with Crippen molar-refractivity contribution < 1.29 is 14.0 Å². The highest BCUT2D eigenvalue weighted by molar-refractivity contribution is 6.30. The van der Waals surface area contributed by atoms with E-state index < -0.39 is 17.8 Å². The number of fused-ring (bicyclic) bond motifs is 4. The number of nitrogens with one attached hydrogen (secondary N) is 3. The van der Waals surface area contributed by atoms with Gasteiger partial charge < -0.3 is 16.0 Å². The average Bonchev–Trinajstić information content (AvgIpc) is 3.43. The Morgan fingerprint density at radius 2 is 2.03 bits per heavy atom. The number of anilines is 2. The van der Waals surface area contributed by atoms with Gasteiger partial charge in [0.1, 0.15) is 5.69 Å². The highest BCUT2D eigenvalue weighted by atomic mass is 35.5. The number of rotatable bonds is 4. The first-order valence-electron chi connectivity index (χ1n) is 12.6. The fraction of sp³-hybridized carbons (Fsp3) is 0.250.